The van der Waals surface area contributed by atoms with E-state index in [0.29, 0.717) is 0 Å². The summed E-state index contributed by atoms with van der Waals surface area (Å²) in [6.45, 7) is 0.342. The van der Waals surface area contributed by atoms with Crippen LogP contribution in [0.2, 0.25) is 0 Å². The number of amides is 1. The molecule has 1 fully saturated rings. The van der Waals surface area contributed by atoms with E-state index in [-0.39, 0.29) is 31.7 Å². The van der Waals surface area contributed by atoms with Gasteiger partial charge < -0.3 is 19.8 Å². The molecule has 1 aromatic rings. The SMILES string of the molecule is O=C(O)C1COCCN1C(=O)CC(O)c1cccc(F)c1. The number of carboxylic acid groups (broad SMARTS) is 1. The summed E-state index contributed by atoms with van der Waals surface area (Å²) in [6, 6.07) is 4.28. The van der Waals surface area contributed by atoms with Crippen LogP contribution in [0.5, 0.6) is 0 Å². The third-order valence-corrected chi connectivity index (χ3v) is 3.34. The Morgan fingerprint density at radius 1 is 1.48 bits per heavy atom. The van der Waals surface area contributed by atoms with Gasteiger partial charge in [-0.15, -0.1) is 0 Å². The van der Waals surface area contributed by atoms with Crippen molar-refractivity contribution >= 4 is 11.9 Å². The first-order chi connectivity index (χ1) is 9.99. The lowest BCUT2D eigenvalue weighted by Gasteiger charge is -2.33. The Morgan fingerprint density at radius 3 is 2.90 bits per heavy atom. The van der Waals surface area contributed by atoms with E-state index in [1.165, 1.54) is 23.1 Å². The van der Waals surface area contributed by atoms with Crippen LogP contribution in [0, 0.1) is 5.82 Å². The average Bonchev–Trinajstić information content (AvgIpc) is 2.47. The van der Waals surface area contributed by atoms with Crippen LogP contribution in [-0.4, -0.2) is 52.8 Å². The number of carbonyl (C=O) groups excluding carboxylic acids is 1. The molecule has 2 atom stereocenters. The number of carboxylic acids is 1. The molecule has 0 spiro atoms. The van der Waals surface area contributed by atoms with Gasteiger partial charge in [-0.05, 0) is 17.7 Å². The summed E-state index contributed by atoms with van der Waals surface area (Å²) in [7, 11) is 0. The van der Waals surface area contributed by atoms with E-state index in [9.17, 15) is 19.1 Å². The number of aliphatic hydroxyl groups excluding tert-OH is 1. The van der Waals surface area contributed by atoms with Crippen molar-refractivity contribution in [2.24, 2.45) is 0 Å². The van der Waals surface area contributed by atoms with Crippen LogP contribution in [0.1, 0.15) is 18.1 Å². The van der Waals surface area contributed by atoms with Crippen LogP contribution in [-0.2, 0) is 14.3 Å². The van der Waals surface area contributed by atoms with Gasteiger partial charge in [-0.2, -0.15) is 0 Å². The van der Waals surface area contributed by atoms with Gasteiger partial charge in [0.2, 0.25) is 5.91 Å². The van der Waals surface area contributed by atoms with Crippen LogP contribution in [0.3, 0.4) is 0 Å². The maximum absolute atomic E-state index is 13.1. The molecular weight excluding hydrogens is 281 g/mol. The summed E-state index contributed by atoms with van der Waals surface area (Å²) in [5.41, 5.74) is 0.281. The molecule has 1 heterocycles. The Labute approximate surface area is 120 Å². The predicted octanol–water partition coefficient (Wildman–Crippen LogP) is 0.561. The zero-order chi connectivity index (χ0) is 15.4. The quantitative estimate of drug-likeness (QED) is 0.848. The minimum atomic E-state index is -1.18. The van der Waals surface area contributed by atoms with E-state index in [1.54, 1.807) is 0 Å². The molecule has 114 valence electrons. The van der Waals surface area contributed by atoms with Crippen molar-refractivity contribution in [1.82, 2.24) is 4.90 Å². The molecule has 2 N–H and O–H groups in total. The first-order valence-electron chi connectivity index (χ1n) is 6.52. The summed E-state index contributed by atoms with van der Waals surface area (Å²) in [4.78, 5) is 24.4. The van der Waals surface area contributed by atoms with Crippen molar-refractivity contribution in [2.45, 2.75) is 18.6 Å². The number of halogens is 1. The summed E-state index contributed by atoms with van der Waals surface area (Å²) in [5, 5.41) is 19.0. The maximum atomic E-state index is 13.1. The van der Waals surface area contributed by atoms with E-state index in [0.717, 1.165) is 6.07 Å². The molecule has 21 heavy (non-hydrogen) atoms. The van der Waals surface area contributed by atoms with E-state index in [4.69, 9.17) is 9.84 Å². The van der Waals surface area contributed by atoms with Crippen molar-refractivity contribution in [2.75, 3.05) is 19.8 Å². The fourth-order valence-corrected chi connectivity index (χ4v) is 2.22. The minimum absolute atomic E-state index is 0.0723. The fraction of sp³-hybridized carbons (Fsp3) is 0.429. The van der Waals surface area contributed by atoms with Crippen molar-refractivity contribution < 1.29 is 28.9 Å². The van der Waals surface area contributed by atoms with Crippen LogP contribution in [0.25, 0.3) is 0 Å². The lowest BCUT2D eigenvalue weighted by Crippen LogP contribution is -2.52. The zero-order valence-electron chi connectivity index (χ0n) is 11.2. The molecule has 1 aromatic carbocycles. The molecule has 6 nitrogen and oxygen atoms in total. The summed E-state index contributed by atoms with van der Waals surface area (Å²) in [6.07, 6.45) is -1.47. The molecular formula is C14H16FNO5. The monoisotopic (exact) mass is 297 g/mol. The standard InChI is InChI=1S/C14H16FNO5/c15-10-3-1-2-9(6-10)12(17)7-13(18)16-4-5-21-8-11(16)14(19)20/h1-3,6,11-12,17H,4-5,7-8H2,(H,19,20). The molecule has 1 aliphatic heterocycles. The first kappa shape index (κ1) is 15.4. The number of ether oxygens (including phenoxy) is 1. The number of rotatable bonds is 4. The third-order valence-electron chi connectivity index (χ3n) is 3.34. The van der Waals surface area contributed by atoms with Crippen molar-refractivity contribution in [3.8, 4) is 0 Å². The van der Waals surface area contributed by atoms with Crippen molar-refractivity contribution in [1.29, 1.82) is 0 Å². The van der Waals surface area contributed by atoms with Gasteiger partial charge in [0.25, 0.3) is 0 Å². The smallest absolute Gasteiger partial charge is 0.328 e. The summed E-state index contributed by atoms with van der Waals surface area (Å²) >= 11 is 0. The van der Waals surface area contributed by atoms with Gasteiger partial charge in [-0.25, -0.2) is 9.18 Å². The van der Waals surface area contributed by atoms with Crippen molar-refractivity contribution in [3.05, 3.63) is 35.6 Å². The first-order valence-corrected chi connectivity index (χ1v) is 6.52. The number of benzene rings is 1. The highest BCUT2D eigenvalue weighted by Crippen LogP contribution is 2.20. The zero-order valence-corrected chi connectivity index (χ0v) is 11.2. The second kappa shape index (κ2) is 6.64. The summed E-state index contributed by atoms with van der Waals surface area (Å²) in [5.74, 6) is -2.15. The predicted molar refractivity (Wildman–Crippen MR) is 69.9 cm³/mol. The highest BCUT2D eigenvalue weighted by Gasteiger charge is 2.33. The largest absolute Gasteiger partial charge is 0.480 e. The lowest BCUT2D eigenvalue weighted by atomic mass is 10.0. The maximum Gasteiger partial charge on any atom is 0.328 e. The Balaban J connectivity index is 2.04. The highest BCUT2D eigenvalue weighted by molar-refractivity contribution is 5.84. The second-order valence-electron chi connectivity index (χ2n) is 4.79. The van der Waals surface area contributed by atoms with E-state index < -0.39 is 29.8 Å². The Bertz CT molecular complexity index is 536. The number of morpholine rings is 1. The molecule has 1 saturated heterocycles. The van der Waals surface area contributed by atoms with Crippen molar-refractivity contribution in [3.63, 3.8) is 0 Å². The third kappa shape index (κ3) is 3.77. The van der Waals surface area contributed by atoms with Crippen LogP contribution >= 0.6 is 0 Å². The molecule has 0 bridgehead atoms. The van der Waals surface area contributed by atoms with Gasteiger partial charge in [-0.3, -0.25) is 4.79 Å². The van der Waals surface area contributed by atoms with Gasteiger partial charge in [-0.1, -0.05) is 12.1 Å². The number of carbonyl (C=O) groups is 2. The fourth-order valence-electron chi connectivity index (χ4n) is 2.22. The Morgan fingerprint density at radius 2 is 2.24 bits per heavy atom. The Hall–Kier alpha value is -1.99. The van der Waals surface area contributed by atoms with E-state index in [1.807, 2.05) is 0 Å². The number of hydrogen-bond acceptors (Lipinski definition) is 4. The molecule has 2 rings (SSSR count). The van der Waals surface area contributed by atoms with Gasteiger partial charge in [0, 0.05) is 6.54 Å². The lowest BCUT2D eigenvalue weighted by molar-refractivity contribution is -0.159. The van der Waals surface area contributed by atoms with E-state index >= 15 is 0 Å². The van der Waals surface area contributed by atoms with Gasteiger partial charge >= 0.3 is 5.97 Å². The molecule has 0 radical (unpaired) electrons. The summed E-state index contributed by atoms with van der Waals surface area (Å²) < 4.78 is 18.1. The van der Waals surface area contributed by atoms with Crippen LogP contribution in [0.15, 0.2) is 24.3 Å². The molecule has 0 aliphatic carbocycles. The Kier molecular flexibility index (Phi) is 4.87. The molecule has 0 aromatic heterocycles. The normalized spacial score (nSPS) is 20.1. The second-order valence-corrected chi connectivity index (χ2v) is 4.79. The highest BCUT2D eigenvalue weighted by atomic mass is 19.1. The number of aliphatic carboxylic acids is 1. The minimum Gasteiger partial charge on any atom is -0.480 e. The molecule has 1 amide bonds. The molecule has 7 heteroatoms. The number of aliphatic hydroxyl groups is 1. The van der Waals surface area contributed by atoms with Crippen LogP contribution in [0.4, 0.5) is 4.39 Å². The number of hydrogen-bond donors (Lipinski definition) is 2. The van der Waals surface area contributed by atoms with Crippen LogP contribution < -0.4 is 0 Å². The number of nitrogens with zero attached hydrogens (tertiary/aromatic N) is 1. The molecule has 1 aliphatic rings. The topological polar surface area (TPSA) is 87.1 Å². The van der Waals surface area contributed by atoms with E-state index in [2.05, 4.69) is 0 Å². The van der Waals surface area contributed by atoms with Gasteiger partial charge in [0.05, 0.1) is 25.7 Å². The molecule has 0 saturated carbocycles. The van der Waals surface area contributed by atoms with Gasteiger partial charge in [0.1, 0.15) is 5.82 Å². The molecule has 2 unspecified atom stereocenters. The average molecular weight is 297 g/mol. The van der Waals surface area contributed by atoms with Gasteiger partial charge in [0.15, 0.2) is 6.04 Å².